The Kier molecular flexibility index (Phi) is 6.97. The quantitative estimate of drug-likeness (QED) is 0.248. The minimum Gasteiger partial charge on any atom is -0.473 e. The van der Waals surface area contributed by atoms with Crippen LogP contribution in [0.4, 0.5) is 0 Å². The van der Waals surface area contributed by atoms with E-state index in [0.29, 0.717) is 25.0 Å². The smallest absolute Gasteiger partial charge is 0.225 e. The second-order valence-electron chi connectivity index (χ2n) is 7.19. The minimum absolute atomic E-state index is 0.399. The maximum Gasteiger partial charge on any atom is 0.225 e. The zero-order valence-corrected chi connectivity index (χ0v) is 19.4. The van der Waals surface area contributed by atoms with Gasteiger partial charge in [0.05, 0.1) is 5.52 Å². The van der Waals surface area contributed by atoms with Crippen LogP contribution in [0.1, 0.15) is 12.5 Å². The largest absolute Gasteiger partial charge is 0.473 e. The molecule has 0 unspecified atom stereocenters. The Hall–Kier alpha value is -3.44. The summed E-state index contributed by atoms with van der Waals surface area (Å²) in [5.74, 6) is 0.998. The average Bonchev–Trinajstić information content (AvgIpc) is 2.83. The van der Waals surface area contributed by atoms with Gasteiger partial charge in [-0.15, -0.1) is 0 Å². The molecule has 2 aromatic heterocycles. The van der Waals surface area contributed by atoms with E-state index in [1.165, 1.54) is 0 Å². The molecule has 160 valence electrons. The van der Waals surface area contributed by atoms with E-state index >= 15 is 0 Å². The molecule has 2 aromatic carbocycles. The monoisotopic (exact) mass is 486 g/mol. The van der Waals surface area contributed by atoms with Crippen LogP contribution in [0.15, 0.2) is 102 Å². The van der Waals surface area contributed by atoms with E-state index in [2.05, 4.69) is 44.6 Å². The van der Waals surface area contributed by atoms with E-state index in [0.717, 1.165) is 37.6 Å². The van der Waals surface area contributed by atoms with E-state index in [-0.39, 0.29) is 0 Å². The lowest BCUT2D eigenvalue weighted by molar-refractivity contribution is 0.283. The fourth-order valence-electron chi connectivity index (χ4n) is 3.23. The molecule has 2 heterocycles. The molecule has 4 aromatic rings. The number of aromatic nitrogens is 2. The Morgan fingerprint density at radius 3 is 2.66 bits per heavy atom. The zero-order valence-electron chi connectivity index (χ0n) is 17.8. The fourth-order valence-corrected chi connectivity index (χ4v) is 3.61. The highest BCUT2D eigenvalue weighted by Gasteiger charge is 2.13. The zero-order chi connectivity index (χ0) is 22.3. The highest BCUT2D eigenvalue weighted by atomic mass is 79.9. The second-order valence-corrected chi connectivity index (χ2v) is 8.11. The molecule has 32 heavy (non-hydrogen) atoms. The molecule has 0 N–H and O–H groups in total. The molecule has 4 rings (SSSR count). The molecule has 0 fully saturated rings. The van der Waals surface area contributed by atoms with E-state index < -0.39 is 0 Å². The average molecular weight is 487 g/mol. The number of benzene rings is 2. The highest BCUT2D eigenvalue weighted by Crippen LogP contribution is 2.33. The Balaban J connectivity index is 1.68. The number of pyridine rings is 2. The maximum atomic E-state index is 6.15. The van der Waals surface area contributed by atoms with Gasteiger partial charge in [-0.05, 0) is 48.4 Å². The topological polar surface area (TPSA) is 44.2 Å². The third kappa shape index (κ3) is 5.24. The summed E-state index contributed by atoms with van der Waals surface area (Å²) in [6, 6.07) is 22.0. The summed E-state index contributed by atoms with van der Waals surface area (Å²) in [7, 11) is 0. The summed E-state index contributed by atoms with van der Waals surface area (Å²) in [6.45, 7) is 6.57. The molecule has 0 radical (unpaired) electrons. The summed E-state index contributed by atoms with van der Waals surface area (Å²) in [5.41, 5.74) is 4.78. The van der Waals surface area contributed by atoms with Crippen molar-refractivity contribution in [2.24, 2.45) is 0 Å². The maximum absolute atomic E-state index is 6.15. The Morgan fingerprint density at radius 1 is 1.03 bits per heavy atom. The van der Waals surface area contributed by atoms with Crippen molar-refractivity contribution in [2.75, 3.05) is 6.61 Å². The number of nitrogens with zero attached hydrogens (tertiary/aromatic N) is 2. The van der Waals surface area contributed by atoms with Crippen molar-refractivity contribution in [1.82, 2.24) is 9.97 Å². The lowest BCUT2D eigenvalue weighted by Gasteiger charge is -2.14. The molecular weight excluding hydrogens is 464 g/mol. The summed E-state index contributed by atoms with van der Waals surface area (Å²) >= 11 is 3.54. The molecule has 0 atom stereocenters. The van der Waals surface area contributed by atoms with Crippen LogP contribution in [0, 0.1) is 0 Å². The fraction of sp³-hybridized carbons (Fsp3) is 0.111. The van der Waals surface area contributed by atoms with Crippen molar-refractivity contribution >= 4 is 26.8 Å². The highest BCUT2D eigenvalue weighted by molar-refractivity contribution is 9.10. The molecule has 4 nitrogen and oxygen atoms in total. The number of halogens is 1. The molecule has 0 bridgehead atoms. The van der Waals surface area contributed by atoms with Crippen molar-refractivity contribution in [3.8, 4) is 22.9 Å². The van der Waals surface area contributed by atoms with Gasteiger partial charge < -0.3 is 9.47 Å². The summed E-state index contributed by atoms with van der Waals surface area (Å²) in [4.78, 5) is 9.27. The standard InChI is InChI=1S/C27H23BrN2O2/c1-3-19(4-2)17-31-26-13-11-24(27(30-26)32-18-20-8-6-5-7-9-20)22-14-21-15-23(28)10-12-25(21)29-16-22/h3-16H,1,17-18H2,2H3/b19-4+. The number of ether oxygens (including phenoxy) is 2. The Labute approximate surface area is 196 Å². The van der Waals surface area contributed by atoms with E-state index in [1.54, 1.807) is 6.08 Å². The number of allylic oxidation sites excluding steroid dienone is 1. The molecule has 0 aliphatic heterocycles. The Bertz CT molecular complexity index is 1270. The normalized spacial score (nSPS) is 11.4. The molecule has 0 saturated heterocycles. The van der Waals surface area contributed by atoms with Gasteiger partial charge in [-0.1, -0.05) is 65.0 Å². The van der Waals surface area contributed by atoms with Gasteiger partial charge in [0.25, 0.3) is 0 Å². The van der Waals surface area contributed by atoms with E-state index in [1.807, 2.05) is 73.8 Å². The third-order valence-corrected chi connectivity index (χ3v) is 5.52. The van der Waals surface area contributed by atoms with Crippen LogP contribution in [-0.2, 0) is 6.61 Å². The van der Waals surface area contributed by atoms with Gasteiger partial charge in [-0.2, -0.15) is 4.98 Å². The Morgan fingerprint density at radius 2 is 1.88 bits per heavy atom. The first-order valence-electron chi connectivity index (χ1n) is 10.3. The van der Waals surface area contributed by atoms with Crippen molar-refractivity contribution in [3.05, 3.63) is 107 Å². The van der Waals surface area contributed by atoms with Crippen LogP contribution >= 0.6 is 15.9 Å². The predicted octanol–water partition coefficient (Wildman–Crippen LogP) is 7.15. The molecule has 0 aliphatic rings. The molecule has 0 amide bonds. The van der Waals surface area contributed by atoms with E-state index in [9.17, 15) is 0 Å². The number of hydrogen-bond acceptors (Lipinski definition) is 4. The lowest BCUT2D eigenvalue weighted by atomic mass is 10.1. The van der Waals surface area contributed by atoms with Crippen LogP contribution in [0.3, 0.4) is 0 Å². The molecular formula is C27H23BrN2O2. The predicted molar refractivity (Wildman–Crippen MR) is 133 cm³/mol. The summed E-state index contributed by atoms with van der Waals surface area (Å²) < 4.78 is 13.0. The minimum atomic E-state index is 0.399. The molecule has 5 heteroatoms. The van der Waals surface area contributed by atoms with Crippen LogP contribution < -0.4 is 9.47 Å². The van der Waals surface area contributed by atoms with Gasteiger partial charge in [-0.3, -0.25) is 4.98 Å². The van der Waals surface area contributed by atoms with Gasteiger partial charge in [0.1, 0.15) is 13.2 Å². The van der Waals surface area contributed by atoms with Crippen molar-refractivity contribution in [2.45, 2.75) is 13.5 Å². The van der Waals surface area contributed by atoms with Gasteiger partial charge in [-0.25, -0.2) is 0 Å². The SMILES string of the molecule is C=C/C(=C\C)COc1ccc(-c2cnc3ccc(Br)cc3c2)c(OCc2ccccc2)n1. The first-order chi connectivity index (χ1) is 15.7. The first kappa shape index (κ1) is 21.8. The van der Waals surface area contributed by atoms with Crippen LogP contribution in [0.2, 0.25) is 0 Å². The van der Waals surface area contributed by atoms with Gasteiger partial charge in [0.15, 0.2) is 0 Å². The van der Waals surface area contributed by atoms with Crippen molar-refractivity contribution < 1.29 is 9.47 Å². The van der Waals surface area contributed by atoms with E-state index in [4.69, 9.17) is 9.47 Å². The summed E-state index contributed by atoms with van der Waals surface area (Å²) in [5, 5.41) is 1.04. The first-order valence-corrected chi connectivity index (χ1v) is 11.1. The van der Waals surface area contributed by atoms with Gasteiger partial charge in [0, 0.05) is 33.2 Å². The number of hydrogen-bond donors (Lipinski definition) is 0. The van der Waals surface area contributed by atoms with Crippen LogP contribution in [-0.4, -0.2) is 16.6 Å². The molecule has 0 aliphatic carbocycles. The lowest BCUT2D eigenvalue weighted by Crippen LogP contribution is -2.04. The molecule has 0 spiro atoms. The van der Waals surface area contributed by atoms with Gasteiger partial charge >= 0.3 is 0 Å². The number of rotatable bonds is 8. The third-order valence-electron chi connectivity index (χ3n) is 5.03. The van der Waals surface area contributed by atoms with Crippen LogP contribution in [0.5, 0.6) is 11.8 Å². The second kappa shape index (κ2) is 10.2. The van der Waals surface area contributed by atoms with Crippen LogP contribution in [0.25, 0.3) is 22.0 Å². The molecule has 0 saturated carbocycles. The van der Waals surface area contributed by atoms with Crippen molar-refractivity contribution in [3.63, 3.8) is 0 Å². The summed E-state index contributed by atoms with van der Waals surface area (Å²) in [6.07, 6.45) is 5.59. The number of fused-ring (bicyclic) bond motifs is 1. The van der Waals surface area contributed by atoms with Gasteiger partial charge in [0.2, 0.25) is 11.8 Å². The van der Waals surface area contributed by atoms with Crippen molar-refractivity contribution in [1.29, 1.82) is 0 Å².